The second-order valence-corrected chi connectivity index (χ2v) is 28.8. The van der Waals surface area contributed by atoms with Gasteiger partial charge in [0, 0.05) is 14.7 Å². The molecule has 3 radical (unpaired) electrons. The van der Waals surface area contributed by atoms with Gasteiger partial charge in [-0.3, -0.25) is 14.1 Å². The summed E-state index contributed by atoms with van der Waals surface area (Å²) in [7, 11) is 0. The average molecular weight is 1070 g/mol. The third kappa shape index (κ3) is 30.4. The standard InChI is InChI=1S/3C20H33O2S.3FH/c3*1-18(2,3)16-10-14(12-21-19(4,5)6)17(23)15(11-16)13-22-20(7,8)9;;;/h3*10-11H,12-13H2,1-9H3;3*1H. The van der Waals surface area contributed by atoms with Crippen molar-refractivity contribution in [1.82, 2.24) is 0 Å². The summed E-state index contributed by atoms with van der Waals surface area (Å²) in [6.07, 6.45) is 0. The van der Waals surface area contributed by atoms with Crippen molar-refractivity contribution in [1.29, 1.82) is 0 Å². The van der Waals surface area contributed by atoms with E-state index in [1.54, 1.807) is 0 Å². The largest absolute Gasteiger partial charge is 0.371 e. The van der Waals surface area contributed by atoms with E-state index in [-0.39, 0.29) is 64.0 Å². The maximum atomic E-state index is 5.96. The van der Waals surface area contributed by atoms with E-state index in [9.17, 15) is 0 Å². The summed E-state index contributed by atoms with van der Waals surface area (Å²) in [6, 6.07) is 13.1. The minimum Gasteiger partial charge on any atom is -0.371 e. The quantitative estimate of drug-likeness (QED) is 0.180. The molecule has 72 heavy (non-hydrogen) atoms. The molecule has 0 aliphatic heterocycles. The van der Waals surface area contributed by atoms with Crippen LogP contribution in [0.1, 0.15) is 237 Å². The van der Waals surface area contributed by atoms with E-state index in [0.717, 1.165) is 48.1 Å². The first-order chi connectivity index (χ1) is 30.6. The van der Waals surface area contributed by atoms with E-state index in [1.807, 2.05) is 0 Å². The molecule has 0 saturated carbocycles. The summed E-state index contributed by atoms with van der Waals surface area (Å²) in [6.45, 7) is 60.3. The highest BCUT2D eigenvalue weighted by Crippen LogP contribution is 2.35. The van der Waals surface area contributed by atoms with Gasteiger partial charge in [0.15, 0.2) is 0 Å². The molecule has 0 aromatic heterocycles. The smallest absolute Gasteiger partial charge is 0.0738 e. The number of rotatable bonds is 12. The molecular formula is C60H102F3O6S3. The summed E-state index contributed by atoms with van der Waals surface area (Å²) in [5.74, 6) is 0. The number of hydrogen-bond donors (Lipinski definition) is 0. The van der Waals surface area contributed by atoms with Gasteiger partial charge >= 0.3 is 0 Å². The van der Waals surface area contributed by atoms with Crippen LogP contribution in [0, 0.1) is 0 Å². The van der Waals surface area contributed by atoms with Crippen LogP contribution in [0.5, 0.6) is 0 Å². The Bertz CT molecular complexity index is 1720. The SMILES string of the molecule is CC(C)(C)OCc1cc(C(C)(C)C)cc(COC(C)(C)C)c1[S].CC(C)(C)OCc1cc(C(C)(C)C)cc(COC(C)(C)C)c1[S].CC(C)(C)OCc1cc(C(C)(C)C)cc(COC(C)(C)C)c1[S].F.F.F. The lowest BCUT2D eigenvalue weighted by molar-refractivity contribution is -0.0196. The lowest BCUT2D eigenvalue weighted by atomic mass is 9.85. The zero-order valence-electron chi connectivity index (χ0n) is 50.1. The van der Waals surface area contributed by atoms with Crippen molar-refractivity contribution in [3.63, 3.8) is 0 Å². The molecule has 0 fully saturated rings. The minimum atomic E-state index is -0.179. The maximum absolute atomic E-state index is 5.96. The number of benzene rings is 3. The van der Waals surface area contributed by atoms with E-state index < -0.39 is 0 Å². The molecule has 0 unspecified atom stereocenters. The molecule has 0 aliphatic carbocycles. The van der Waals surface area contributed by atoms with Crippen LogP contribution in [-0.4, -0.2) is 33.6 Å². The van der Waals surface area contributed by atoms with Gasteiger partial charge in [0.1, 0.15) is 0 Å². The van der Waals surface area contributed by atoms with Crippen molar-refractivity contribution in [2.45, 2.75) is 291 Å². The summed E-state index contributed by atoms with van der Waals surface area (Å²) >= 11 is 17.1. The Morgan fingerprint density at radius 2 is 0.361 bits per heavy atom. The van der Waals surface area contributed by atoms with Crippen molar-refractivity contribution in [2.24, 2.45) is 0 Å². The number of halogens is 3. The molecular weight excluding hydrogens is 970 g/mol. The van der Waals surface area contributed by atoms with Gasteiger partial charge in [-0.2, -0.15) is 0 Å². The first-order valence-corrected chi connectivity index (χ1v) is 26.1. The Balaban J connectivity index is -0.000000972. The number of ether oxygens (including phenoxy) is 6. The lowest BCUT2D eigenvalue weighted by Gasteiger charge is -2.26. The normalized spacial score (nSPS) is 12.9. The second-order valence-electron chi connectivity index (χ2n) is 27.5. The number of hydrogen-bond acceptors (Lipinski definition) is 6. The Morgan fingerprint density at radius 1 is 0.250 bits per heavy atom. The van der Waals surface area contributed by atoms with Crippen molar-refractivity contribution in [3.05, 3.63) is 86.5 Å². The zero-order valence-corrected chi connectivity index (χ0v) is 52.6. The van der Waals surface area contributed by atoms with E-state index in [0.29, 0.717) is 39.6 Å². The van der Waals surface area contributed by atoms with Crippen molar-refractivity contribution in [2.75, 3.05) is 0 Å². The van der Waals surface area contributed by atoms with Crippen LogP contribution in [0.25, 0.3) is 0 Å². The molecule has 417 valence electrons. The fraction of sp³-hybridized carbons (Fsp3) is 0.700. The molecule has 6 nitrogen and oxygen atoms in total. The average Bonchev–Trinajstić information content (AvgIpc) is 3.12. The van der Waals surface area contributed by atoms with Crippen LogP contribution >= 0.6 is 37.9 Å². The molecule has 0 amide bonds. The van der Waals surface area contributed by atoms with Crippen LogP contribution < -0.4 is 0 Å². The van der Waals surface area contributed by atoms with Gasteiger partial charge in [-0.1, -0.05) is 137 Å². The highest BCUT2D eigenvalue weighted by atomic mass is 32.1. The summed E-state index contributed by atoms with van der Waals surface area (Å²) in [5.41, 5.74) is 9.40. The molecule has 0 heterocycles. The van der Waals surface area contributed by atoms with E-state index in [4.69, 9.17) is 66.3 Å². The van der Waals surface area contributed by atoms with Gasteiger partial charge in [-0.25, -0.2) is 0 Å². The molecule has 3 aromatic carbocycles. The third-order valence-corrected chi connectivity index (χ3v) is 11.9. The molecule has 0 atom stereocenters. The predicted octanol–water partition coefficient (Wildman–Crippen LogP) is 19.0. The van der Waals surface area contributed by atoms with E-state index in [1.165, 1.54) is 16.7 Å². The van der Waals surface area contributed by atoms with Crippen molar-refractivity contribution in [3.8, 4) is 0 Å². The molecule has 0 saturated heterocycles. The van der Waals surface area contributed by atoms with Gasteiger partial charge in [0.2, 0.25) is 0 Å². The molecule has 0 aliphatic rings. The van der Waals surface area contributed by atoms with Gasteiger partial charge < -0.3 is 28.4 Å². The lowest BCUT2D eigenvalue weighted by Crippen LogP contribution is -2.21. The molecule has 0 bridgehead atoms. The fourth-order valence-electron chi connectivity index (χ4n) is 5.97. The van der Waals surface area contributed by atoms with Crippen LogP contribution in [-0.2, 0) is 84.3 Å². The van der Waals surface area contributed by atoms with Crippen LogP contribution in [0.3, 0.4) is 0 Å². The maximum Gasteiger partial charge on any atom is 0.0738 e. The van der Waals surface area contributed by atoms with E-state index in [2.05, 4.69) is 223 Å². The highest BCUT2D eigenvalue weighted by Gasteiger charge is 2.25. The van der Waals surface area contributed by atoms with Crippen LogP contribution in [0.15, 0.2) is 51.1 Å². The molecule has 3 aromatic rings. The van der Waals surface area contributed by atoms with Gasteiger partial charge in [-0.05, 0) is 191 Å². The molecule has 12 heteroatoms. The van der Waals surface area contributed by atoms with Gasteiger partial charge in [0.25, 0.3) is 0 Å². The Hall–Kier alpha value is -2.13. The van der Waals surface area contributed by atoms with E-state index >= 15 is 0 Å². The monoisotopic (exact) mass is 1070 g/mol. The minimum absolute atomic E-state index is 0. The molecule has 0 spiro atoms. The topological polar surface area (TPSA) is 55.4 Å². The van der Waals surface area contributed by atoms with Gasteiger partial charge in [0.05, 0.1) is 73.2 Å². The fourth-order valence-corrected chi connectivity index (χ4v) is 6.68. The Morgan fingerprint density at radius 3 is 0.444 bits per heavy atom. The highest BCUT2D eigenvalue weighted by molar-refractivity contribution is 7.80. The van der Waals surface area contributed by atoms with Crippen molar-refractivity contribution >= 4 is 37.9 Å². The zero-order chi connectivity index (χ0) is 54.2. The van der Waals surface area contributed by atoms with Crippen molar-refractivity contribution < 1.29 is 42.5 Å². The van der Waals surface area contributed by atoms with Crippen LogP contribution in [0.4, 0.5) is 14.1 Å². The first-order valence-electron chi connectivity index (χ1n) is 24.9. The Labute approximate surface area is 455 Å². The summed E-state index contributed by atoms with van der Waals surface area (Å²) in [4.78, 5) is 2.60. The third-order valence-electron chi connectivity index (χ3n) is 10.3. The summed E-state index contributed by atoms with van der Waals surface area (Å²) in [5, 5.41) is 0. The predicted molar refractivity (Wildman–Crippen MR) is 308 cm³/mol. The Kier molecular flexibility index (Phi) is 29.1. The first kappa shape index (κ1) is 74.1. The molecule has 0 N–H and O–H groups in total. The summed E-state index contributed by atoms with van der Waals surface area (Å²) < 4.78 is 35.7. The molecule has 3 rings (SSSR count). The second kappa shape index (κ2) is 28.3. The van der Waals surface area contributed by atoms with Gasteiger partial charge in [-0.15, -0.1) is 0 Å². The van der Waals surface area contributed by atoms with Crippen LogP contribution in [0.2, 0.25) is 0 Å².